The van der Waals surface area contributed by atoms with Gasteiger partial charge in [-0.3, -0.25) is 0 Å². The number of methoxy groups -OCH3 is 1. The van der Waals surface area contributed by atoms with E-state index in [-0.39, 0.29) is 22.5 Å². The van der Waals surface area contributed by atoms with Gasteiger partial charge in [0.2, 0.25) is 0 Å². The van der Waals surface area contributed by atoms with E-state index >= 15 is 0 Å². The van der Waals surface area contributed by atoms with Crippen molar-refractivity contribution < 1.29 is 35.3 Å². The highest BCUT2D eigenvalue weighted by Crippen LogP contribution is 2.58. The summed E-state index contributed by atoms with van der Waals surface area (Å²) >= 11 is 0. The van der Waals surface area contributed by atoms with Gasteiger partial charge in [0.15, 0.2) is 11.6 Å². The number of carbonyl (C=O) groups excluding carboxylic acids is 1. The molecule has 33 heavy (non-hydrogen) atoms. The molecule has 0 heterocycles. The second kappa shape index (κ2) is 10.8. The molecule has 0 radical (unpaired) electrons. The van der Waals surface area contributed by atoms with Crippen LogP contribution in [0.1, 0.15) is 15.9 Å². The number of hydrogen-bond acceptors (Lipinski definition) is 2. The van der Waals surface area contributed by atoms with E-state index in [1.54, 1.807) is 0 Å². The van der Waals surface area contributed by atoms with E-state index in [1.165, 1.54) is 7.11 Å². The van der Waals surface area contributed by atoms with Crippen molar-refractivity contribution in [2.45, 2.75) is 6.16 Å². The summed E-state index contributed by atoms with van der Waals surface area (Å²) in [6.45, 7) is 0. The van der Waals surface area contributed by atoms with Gasteiger partial charge in [0.25, 0.3) is 0 Å². The zero-order valence-corrected chi connectivity index (χ0v) is 20.4. The highest BCUT2D eigenvalue weighted by atomic mass is 79.9. The fourth-order valence-electron chi connectivity index (χ4n) is 4.04. The minimum Gasteiger partial charge on any atom is -1.00 e. The van der Waals surface area contributed by atoms with Crippen LogP contribution in [0.5, 0.6) is 0 Å². The average molecular weight is 527 g/mol. The molecule has 0 aromatic heterocycles. The average Bonchev–Trinajstić information content (AvgIpc) is 2.85. The van der Waals surface area contributed by atoms with Crippen LogP contribution in [0.25, 0.3) is 0 Å². The summed E-state index contributed by atoms with van der Waals surface area (Å²) in [5.74, 6) is -2.75. The number of rotatable bonds is 6. The summed E-state index contributed by atoms with van der Waals surface area (Å²) in [6.07, 6.45) is 0.340. The van der Waals surface area contributed by atoms with E-state index in [1.807, 2.05) is 54.6 Å². The third kappa shape index (κ3) is 4.90. The summed E-state index contributed by atoms with van der Waals surface area (Å²) < 4.78 is 33.4. The molecule has 0 saturated carbocycles. The molecule has 0 amide bonds. The van der Waals surface area contributed by atoms with Crippen molar-refractivity contribution in [1.29, 1.82) is 0 Å². The molecular weight excluding hydrogens is 505 g/mol. The number of hydrogen-bond donors (Lipinski definition) is 0. The molecular formula is C27H22BrF2O2P. The molecule has 4 aromatic carbocycles. The lowest BCUT2D eigenvalue weighted by Gasteiger charge is -2.28. The van der Waals surface area contributed by atoms with Crippen LogP contribution < -0.4 is 32.9 Å². The molecule has 0 aliphatic heterocycles. The summed E-state index contributed by atoms with van der Waals surface area (Å²) in [5, 5.41) is 3.24. The van der Waals surface area contributed by atoms with Crippen LogP contribution in [-0.2, 0) is 10.9 Å². The van der Waals surface area contributed by atoms with Gasteiger partial charge in [-0.2, -0.15) is 0 Å². The smallest absolute Gasteiger partial charge is 0.338 e. The molecule has 2 nitrogen and oxygen atoms in total. The second-order valence-electron chi connectivity index (χ2n) is 7.39. The molecule has 0 saturated heterocycles. The molecule has 0 N–H and O–H groups in total. The van der Waals surface area contributed by atoms with Crippen LogP contribution in [0.4, 0.5) is 8.78 Å². The predicted octanol–water partition coefficient (Wildman–Crippen LogP) is 2.25. The Hall–Kier alpha value is -2.88. The monoisotopic (exact) mass is 526 g/mol. The van der Waals surface area contributed by atoms with E-state index < -0.39 is 24.9 Å². The molecule has 0 spiro atoms. The van der Waals surface area contributed by atoms with Gasteiger partial charge in [-0.1, -0.05) is 54.6 Å². The number of halogens is 3. The molecule has 0 fully saturated rings. The Labute approximate surface area is 203 Å². The lowest BCUT2D eigenvalue weighted by atomic mass is 10.1. The molecule has 0 unspecified atom stereocenters. The van der Waals surface area contributed by atoms with Crippen molar-refractivity contribution in [3.8, 4) is 0 Å². The minimum atomic E-state index is -2.38. The fraction of sp³-hybridized carbons (Fsp3) is 0.0741. The van der Waals surface area contributed by atoms with Gasteiger partial charge in [-0.05, 0) is 48.5 Å². The quantitative estimate of drug-likeness (QED) is 0.284. The van der Waals surface area contributed by atoms with Crippen LogP contribution >= 0.6 is 7.26 Å². The molecule has 6 heteroatoms. The first-order valence-corrected chi connectivity index (χ1v) is 12.1. The Morgan fingerprint density at radius 3 is 1.52 bits per heavy atom. The van der Waals surface area contributed by atoms with Gasteiger partial charge >= 0.3 is 5.97 Å². The zero-order chi connectivity index (χ0) is 22.6. The lowest BCUT2D eigenvalue weighted by Crippen LogP contribution is -3.00. The highest BCUT2D eigenvalue weighted by Gasteiger charge is 2.46. The van der Waals surface area contributed by atoms with Gasteiger partial charge in [0.1, 0.15) is 23.2 Å². The Morgan fingerprint density at radius 2 is 1.12 bits per heavy atom. The van der Waals surface area contributed by atoms with Gasteiger partial charge in [-0.15, -0.1) is 0 Å². The molecule has 4 aromatic rings. The number of carbonyl (C=O) groups is 1. The summed E-state index contributed by atoms with van der Waals surface area (Å²) in [5.41, 5.74) is 0.458. The fourth-order valence-corrected chi connectivity index (χ4v) is 8.30. The van der Waals surface area contributed by atoms with Gasteiger partial charge in [-0.25, -0.2) is 13.6 Å². The predicted molar refractivity (Wildman–Crippen MR) is 127 cm³/mol. The van der Waals surface area contributed by atoms with Crippen LogP contribution in [-0.4, -0.2) is 13.1 Å². The van der Waals surface area contributed by atoms with E-state index in [4.69, 9.17) is 4.74 Å². The minimum absolute atomic E-state index is 0. The first-order valence-electron chi connectivity index (χ1n) is 10.2. The molecule has 168 valence electrons. The van der Waals surface area contributed by atoms with Gasteiger partial charge < -0.3 is 21.7 Å². The van der Waals surface area contributed by atoms with Crippen LogP contribution in [0.15, 0.2) is 103 Å². The standard InChI is InChI=1S/C27H22F2O2P.BrH/c1-31-27(30)24-18-26(29)25(28)17-20(24)19-32(21-11-5-2-6-12-21,22-13-7-3-8-14-22)23-15-9-4-10-16-23;/h2-18H,19H2,1H3;1H/q+1;/p-1. The molecule has 4 rings (SSSR count). The molecule has 0 aliphatic carbocycles. The van der Waals surface area contributed by atoms with Crippen molar-refractivity contribution in [3.63, 3.8) is 0 Å². The topological polar surface area (TPSA) is 26.3 Å². The summed E-state index contributed by atoms with van der Waals surface area (Å²) in [6, 6.07) is 32.1. The zero-order valence-electron chi connectivity index (χ0n) is 17.9. The molecule has 0 bridgehead atoms. The Kier molecular flexibility index (Phi) is 8.12. The largest absolute Gasteiger partial charge is 1.00 e. The summed E-state index contributed by atoms with van der Waals surface area (Å²) in [4.78, 5) is 12.5. The first-order chi connectivity index (χ1) is 15.6. The second-order valence-corrected chi connectivity index (χ2v) is 10.9. The highest BCUT2D eigenvalue weighted by molar-refractivity contribution is 7.95. The Balaban J connectivity index is 0.00000306. The maximum atomic E-state index is 14.4. The van der Waals surface area contributed by atoms with E-state index in [0.717, 1.165) is 28.0 Å². The van der Waals surface area contributed by atoms with Crippen LogP contribution in [0.3, 0.4) is 0 Å². The Bertz CT molecular complexity index is 1120. The van der Waals surface area contributed by atoms with Gasteiger partial charge in [0, 0.05) is 5.56 Å². The number of ether oxygens (including phenoxy) is 1. The van der Waals surface area contributed by atoms with Crippen LogP contribution in [0.2, 0.25) is 0 Å². The molecule has 0 atom stereocenters. The number of esters is 1. The summed E-state index contributed by atoms with van der Waals surface area (Å²) in [7, 11) is -1.15. The van der Waals surface area contributed by atoms with Crippen LogP contribution in [0, 0.1) is 11.6 Å². The van der Waals surface area contributed by atoms with Crippen molar-refractivity contribution in [1.82, 2.24) is 0 Å². The van der Waals surface area contributed by atoms with Gasteiger partial charge in [0.05, 0.1) is 18.8 Å². The third-order valence-electron chi connectivity index (χ3n) is 5.55. The van der Waals surface area contributed by atoms with Crippen molar-refractivity contribution >= 4 is 29.1 Å². The number of benzene rings is 4. The normalized spacial score (nSPS) is 10.9. The third-order valence-corrected chi connectivity index (χ3v) is 9.90. The first kappa shape index (κ1) is 24.8. The van der Waals surface area contributed by atoms with E-state index in [2.05, 4.69) is 36.4 Å². The van der Waals surface area contributed by atoms with Crippen molar-refractivity contribution in [3.05, 3.63) is 126 Å². The molecule has 0 aliphatic rings. The van der Waals surface area contributed by atoms with Crippen molar-refractivity contribution in [2.75, 3.05) is 7.11 Å². The maximum Gasteiger partial charge on any atom is 0.338 e. The maximum absolute atomic E-state index is 14.4. The SMILES string of the molecule is COC(=O)c1cc(F)c(F)cc1C[P+](c1ccccc1)(c1ccccc1)c1ccccc1.[Br-]. The lowest BCUT2D eigenvalue weighted by molar-refractivity contribution is -0.0000220. The Morgan fingerprint density at radius 1 is 0.727 bits per heavy atom. The van der Waals surface area contributed by atoms with E-state index in [9.17, 15) is 13.6 Å². The van der Waals surface area contributed by atoms with Crippen molar-refractivity contribution in [2.24, 2.45) is 0 Å². The van der Waals surface area contributed by atoms with E-state index in [0.29, 0.717) is 11.7 Å².